The first-order valence-electron chi connectivity index (χ1n) is 10.7. The molecule has 4 aromatic rings. The minimum Gasteiger partial charge on any atom is -0.359 e. The van der Waals surface area contributed by atoms with Crippen molar-refractivity contribution in [3.8, 4) is 6.07 Å². The third-order valence-electron chi connectivity index (χ3n) is 6.57. The van der Waals surface area contributed by atoms with Crippen LogP contribution in [-0.2, 0) is 7.05 Å². The number of aromatic nitrogens is 2. The van der Waals surface area contributed by atoms with E-state index in [0.29, 0.717) is 22.7 Å². The number of aromatic amines is 1. The van der Waals surface area contributed by atoms with Gasteiger partial charge in [-0.05, 0) is 74.8 Å². The van der Waals surface area contributed by atoms with Crippen molar-refractivity contribution in [2.45, 2.75) is 18.8 Å². The van der Waals surface area contributed by atoms with E-state index in [2.05, 4.69) is 34.4 Å². The maximum Gasteiger partial charge on any atom is 0.257 e. The number of aryl methyl sites for hydroxylation is 1. The molecule has 0 unspecified atom stereocenters. The van der Waals surface area contributed by atoms with E-state index in [-0.39, 0.29) is 5.91 Å². The van der Waals surface area contributed by atoms with Crippen LogP contribution in [0.1, 0.15) is 40.2 Å². The zero-order valence-corrected chi connectivity index (χ0v) is 18.8. The van der Waals surface area contributed by atoms with Crippen LogP contribution in [0, 0.1) is 11.3 Å². The smallest absolute Gasteiger partial charge is 0.257 e. The molecule has 2 aromatic heterocycles. The molecule has 5 rings (SSSR count). The van der Waals surface area contributed by atoms with E-state index in [1.165, 1.54) is 5.56 Å². The number of piperidine rings is 1. The normalized spacial score (nSPS) is 15.3. The Morgan fingerprint density at radius 1 is 1.19 bits per heavy atom. The number of rotatable bonds is 3. The van der Waals surface area contributed by atoms with Crippen molar-refractivity contribution in [1.29, 1.82) is 5.26 Å². The summed E-state index contributed by atoms with van der Waals surface area (Å²) in [6.07, 6.45) is 5.78. The monoisotopic (exact) mass is 445 g/mol. The zero-order valence-electron chi connectivity index (χ0n) is 18.1. The molecule has 1 fully saturated rings. The van der Waals surface area contributed by atoms with Crippen LogP contribution in [0.25, 0.3) is 21.8 Å². The number of hydrogen-bond donors (Lipinski definition) is 2. The Hall–Kier alpha value is -3.27. The van der Waals surface area contributed by atoms with Gasteiger partial charge in [0.15, 0.2) is 0 Å². The van der Waals surface area contributed by atoms with Crippen molar-refractivity contribution in [2.75, 3.05) is 25.5 Å². The molecule has 7 heteroatoms. The van der Waals surface area contributed by atoms with Crippen LogP contribution in [0.2, 0.25) is 5.02 Å². The van der Waals surface area contributed by atoms with Crippen LogP contribution in [0.5, 0.6) is 0 Å². The second-order valence-electron chi connectivity index (χ2n) is 8.65. The van der Waals surface area contributed by atoms with Gasteiger partial charge in [0, 0.05) is 46.3 Å². The number of fused-ring (bicyclic) bond motifs is 2. The number of nitrogens with one attached hydrogen (secondary N) is 2. The van der Waals surface area contributed by atoms with E-state index < -0.39 is 0 Å². The molecule has 0 spiro atoms. The van der Waals surface area contributed by atoms with Crippen molar-refractivity contribution in [3.05, 3.63) is 64.4 Å². The highest BCUT2D eigenvalue weighted by Crippen LogP contribution is 2.37. The molecule has 162 valence electrons. The fourth-order valence-electron chi connectivity index (χ4n) is 4.71. The molecule has 3 heterocycles. The number of benzene rings is 2. The highest BCUT2D eigenvalue weighted by Gasteiger charge is 2.23. The Bertz CT molecular complexity index is 1390. The first-order valence-corrected chi connectivity index (χ1v) is 11.1. The fourth-order valence-corrected chi connectivity index (χ4v) is 5.03. The topological polar surface area (TPSA) is 76.8 Å². The quantitative estimate of drug-likeness (QED) is 0.452. The van der Waals surface area contributed by atoms with E-state index in [0.717, 1.165) is 52.8 Å². The molecule has 1 aliphatic heterocycles. The minimum atomic E-state index is -0.207. The summed E-state index contributed by atoms with van der Waals surface area (Å²) >= 11 is 6.72. The average Bonchev–Trinajstić information content (AvgIpc) is 3.34. The van der Waals surface area contributed by atoms with Crippen LogP contribution in [-0.4, -0.2) is 40.5 Å². The highest BCUT2D eigenvalue weighted by atomic mass is 35.5. The van der Waals surface area contributed by atoms with Crippen LogP contribution in [0.3, 0.4) is 0 Å². The Morgan fingerprint density at radius 3 is 2.72 bits per heavy atom. The fraction of sp³-hybridized carbons (Fsp3) is 0.280. The maximum atomic E-state index is 13.2. The summed E-state index contributed by atoms with van der Waals surface area (Å²) in [5.41, 5.74) is 4.80. The lowest BCUT2D eigenvalue weighted by atomic mass is 9.89. The number of nitrogens with zero attached hydrogens (tertiary/aromatic N) is 3. The summed E-state index contributed by atoms with van der Waals surface area (Å²) in [7, 11) is 4.11. The summed E-state index contributed by atoms with van der Waals surface area (Å²) in [4.78, 5) is 18.7. The number of carbonyl (C=O) groups is 1. The van der Waals surface area contributed by atoms with Crippen LogP contribution in [0.15, 0.2) is 42.7 Å². The molecule has 32 heavy (non-hydrogen) atoms. The van der Waals surface area contributed by atoms with Gasteiger partial charge in [-0.15, -0.1) is 0 Å². The van der Waals surface area contributed by atoms with E-state index in [1.54, 1.807) is 18.3 Å². The summed E-state index contributed by atoms with van der Waals surface area (Å²) in [5, 5.41) is 14.6. The number of anilines is 1. The number of carbonyl (C=O) groups excluding carboxylic acids is 1. The molecule has 0 bridgehead atoms. The summed E-state index contributed by atoms with van der Waals surface area (Å²) in [6, 6.07) is 11.6. The molecular weight excluding hydrogens is 422 g/mol. The first-order chi connectivity index (χ1) is 15.4. The summed E-state index contributed by atoms with van der Waals surface area (Å²) < 4.78 is 1.99. The molecule has 0 atom stereocenters. The lowest BCUT2D eigenvalue weighted by Gasteiger charge is -2.29. The number of amides is 1. The van der Waals surface area contributed by atoms with Crippen molar-refractivity contribution in [1.82, 2.24) is 14.5 Å². The Balaban J connectivity index is 1.49. The van der Waals surface area contributed by atoms with Crippen molar-refractivity contribution in [2.24, 2.45) is 7.05 Å². The molecule has 1 aliphatic rings. The third kappa shape index (κ3) is 3.54. The van der Waals surface area contributed by atoms with E-state index in [9.17, 15) is 10.1 Å². The van der Waals surface area contributed by atoms with Gasteiger partial charge in [-0.3, -0.25) is 4.79 Å². The molecule has 2 N–H and O–H groups in total. The number of nitriles is 1. The second-order valence-corrected chi connectivity index (χ2v) is 9.06. The Kier molecular flexibility index (Phi) is 5.16. The third-order valence-corrected chi connectivity index (χ3v) is 6.90. The Morgan fingerprint density at radius 2 is 1.97 bits per heavy atom. The van der Waals surface area contributed by atoms with Crippen molar-refractivity contribution < 1.29 is 4.79 Å². The van der Waals surface area contributed by atoms with Crippen LogP contribution >= 0.6 is 11.6 Å². The van der Waals surface area contributed by atoms with Crippen LogP contribution < -0.4 is 5.32 Å². The number of likely N-dealkylation sites (tertiary alicyclic amines) is 1. The van der Waals surface area contributed by atoms with Crippen LogP contribution in [0.4, 0.5) is 5.69 Å². The van der Waals surface area contributed by atoms with Gasteiger partial charge in [0.05, 0.1) is 22.9 Å². The molecule has 1 saturated heterocycles. The van der Waals surface area contributed by atoms with Crippen molar-refractivity contribution >= 4 is 45.0 Å². The molecule has 0 radical (unpaired) electrons. The summed E-state index contributed by atoms with van der Waals surface area (Å²) in [5.74, 6) is 0.234. The van der Waals surface area contributed by atoms with Gasteiger partial charge in [-0.25, -0.2) is 0 Å². The zero-order chi connectivity index (χ0) is 22.4. The predicted octanol–water partition coefficient (Wildman–Crippen LogP) is 5.25. The molecule has 0 saturated carbocycles. The lowest BCUT2D eigenvalue weighted by Crippen LogP contribution is -2.29. The number of H-pyrrole nitrogens is 1. The van der Waals surface area contributed by atoms with Gasteiger partial charge in [0.25, 0.3) is 5.91 Å². The SMILES string of the molecule is CN1CCC(c2cc3c(cc2Cl)c(C(=O)Nc2c[nH]c4ccc(C#N)cc24)cn3C)CC1. The molecule has 2 aromatic carbocycles. The minimum absolute atomic E-state index is 0.207. The van der Waals surface area contributed by atoms with Gasteiger partial charge in [-0.2, -0.15) is 5.26 Å². The van der Waals surface area contributed by atoms with Gasteiger partial charge in [-0.1, -0.05) is 11.6 Å². The molecule has 6 nitrogen and oxygen atoms in total. The first kappa shape index (κ1) is 20.6. The maximum absolute atomic E-state index is 13.2. The van der Waals surface area contributed by atoms with Crippen molar-refractivity contribution in [3.63, 3.8) is 0 Å². The number of hydrogen-bond acceptors (Lipinski definition) is 3. The summed E-state index contributed by atoms with van der Waals surface area (Å²) in [6.45, 7) is 2.13. The average molecular weight is 446 g/mol. The van der Waals surface area contributed by atoms with E-state index >= 15 is 0 Å². The molecule has 1 amide bonds. The van der Waals surface area contributed by atoms with Gasteiger partial charge >= 0.3 is 0 Å². The molecule has 0 aliphatic carbocycles. The Labute approximate surface area is 191 Å². The number of halogens is 1. The highest BCUT2D eigenvalue weighted by molar-refractivity contribution is 6.32. The van der Waals surface area contributed by atoms with Gasteiger partial charge in [0.2, 0.25) is 0 Å². The largest absolute Gasteiger partial charge is 0.359 e. The standard InChI is InChI=1S/C25H24ClN5O/c1-30-7-5-16(6-8-30)17-11-24-18(10-21(17)26)20(14-31(24)2)25(32)29-23-13-28-22-4-3-15(12-27)9-19(22)23/h3-4,9-11,13-14,16,28H,5-8H2,1-2H3,(H,29,32). The van der Waals surface area contributed by atoms with E-state index in [4.69, 9.17) is 11.6 Å². The predicted molar refractivity (Wildman–Crippen MR) is 128 cm³/mol. The molecular formula is C25H24ClN5O. The van der Waals surface area contributed by atoms with Gasteiger partial charge < -0.3 is 19.8 Å². The van der Waals surface area contributed by atoms with E-state index in [1.807, 2.05) is 29.9 Å². The lowest BCUT2D eigenvalue weighted by molar-refractivity contribution is 0.102. The van der Waals surface area contributed by atoms with Gasteiger partial charge in [0.1, 0.15) is 0 Å². The second kappa shape index (κ2) is 8.01.